The average molecular weight is 271 g/mol. The van der Waals surface area contributed by atoms with Crippen molar-refractivity contribution in [3.05, 3.63) is 29.8 Å². The fourth-order valence-electron chi connectivity index (χ4n) is 2.37. The number of aliphatic carboxylic acids is 1. The molecule has 0 bridgehead atoms. The van der Waals surface area contributed by atoms with Crippen LogP contribution in [0.3, 0.4) is 0 Å². The van der Waals surface area contributed by atoms with Crippen molar-refractivity contribution >= 4 is 17.6 Å². The molecule has 2 aliphatic heterocycles. The molecule has 19 heavy (non-hydrogen) atoms. The Bertz CT molecular complexity index is 527. The summed E-state index contributed by atoms with van der Waals surface area (Å²) in [6, 6.07) is 6.84. The van der Waals surface area contributed by atoms with E-state index in [1.54, 1.807) is 24.3 Å². The first-order valence-corrected chi connectivity index (χ1v) is 5.54. The van der Waals surface area contributed by atoms with Gasteiger partial charge in [0.15, 0.2) is 0 Å². The Balaban J connectivity index is 0.00000133. The van der Waals surface area contributed by atoms with Gasteiger partial charge < -0.3 is 24.3 Å². The minimum Gasteiger partial charge on any atom is -0.548 e. The zero-order valence-electron chi connectivity index (χ0n) is 10.4. The summed E-state index contributed by atoms with van der Waals surface area (Å²) in [5, 5.41) is 10.7. The molecule has 0 radical (unpaired) electrons. The average Bonchev–Trinajstić information content (AvgIpc) is 2.92. The number of rotatable bonds is 2. The van der Waals surface area contributed by atoms with Gasteiger partial charge in [-0.1, -0.05) is 18.2 Å². The second kappa shape index (κ2) is 5.22. The number of ether oxygens (including phenoxy) is 2. The molecular weight excluding hydrogens is 261 g/mol. The van der Waals surface area contributed by atoms with Gasteiger partial charge in [-0.25, -0.2) is 0 Å². The van der Waals surface area contributed by atoms with Crippen molar-refractivity contribution in [2.45, 2.75) is 5.79 Å². The topological polar surface area (TPSA) is 78.9 Å². The van der Waals surface area contributed by atoms with Crippen molar-refractivity contribution in [2.75, 3.05) is 24.7 Å². The van der Waals surface area contributed by atoms with Crippen LogP contribution in [0.2, 0.25) is 0 Å². The number of nitrogens with zero attached hydrogens (tertiary/aromatic N) is 1. The third kappa shape index (κ3) is 2.09. The quantitative estimate of drug-likeness (QED) is 0.512. The summed E-state index contributed by atoms with van der Waals surface area (Å²) in [4.78, 5) is 24.2. The maximum absolute atomic E-state index is 12.3. The van der Waals surface area contributed by atoms with Crippen LogP contribution < -0.4 is 39.6 Å². The van der Waals surface area contributed by atoms with E-state index in [0.29, 0.717) is 24.5 Å². The summed E-state index contributed by atoms with van der Waals surface area (Å²) in [5.74, 6) is -3.30. The molecule has 1 amide bonds. The first-order valence-electron chi connectivity index (χ1n) is 5.54. The van der Waals surface area contributed by atoms with Gasteiger partial charge in [0.05, 0.1) is 31.4 Å². The molecule has 0 unspecified atom stereocenters. The summed E-state index contributed by atoms with van der Waals surface area (Å²) in [6.07, 6.45) is 0. The number of para-hydroxylation sites is 1. The Morgan fingerprint density at radius 2 is 1.95 bits per heavy atom. The summed E-state index contributed by atoms with van der Waals surface area (Å²) < 4.78 is 10.9. The van der Waals surface area contributed by atoms with E-state index < -0.39 is 24.2 Å². The fraction of sp³-hybridized carbons (Fsp3) is 0.333. The molecule has 1 aromatic carbocycles. The zero-order chi connectivity index (χ0) is 12.8. The van der Waals surface area contributed by atoms with Crippen LogP contribution in [0.1, 0.15) is 5.56 Å². The third-order valence-corrected chi connectivity index (χ3v) is 3.06. The molecule has 0 N–H and O–H groups in total. The van der Waals surface area contributed by atoms with Gasteiger partial charge in [0, 0.05) is 5.56 Å². The first kappa shape index (κ1) is 14.5. The summed E-state index contributed by atoms with van der Waals surface area (Å²) in [5.41, 5.74) is 1.04. The van der Waals surface area contributed by atoms with E-state index in [1.807, 2.05) is 0 Å². The standard InChI is InChI=1S/C12H11NO5.Na/c14-10(15)7-13-9-4-2-1-3-8(9)12(11(13)16)17-5-6-18-12;/h1-4H,5-7H2,(H,14,15);/q;+1/p-1. The molecule has 6 nitrogen and oxygen atoms in total. The molecule has 1 aromatic rings. The number of hydrogen-bond donors (Lipinski definition) is 0. The predicted octanol–water partition coefficient (Wildman–Crippen LogP) is -4.01. The second-order valence-corrected chi connectivity index (χ2v) is 4.09. The first-order chi connectivity index (χ1) is 8.65. The summed E-state index contributed by atoms with van der Waals surface area (Å²) in [6.45, 7) is 0.1000. The number of carboxylic acid groups (broad SMARTS) is 1. The van der Waals surface area contributed by atoms with Crippen LogP contribution in [0.25, 0.3) is 0 Å². The van der Waals surface area contributed by atoms with Gasteiger partial charge in [0.2, 0.25) is 0 Å². The maximum atomic E-state index is 12.3. The van der Waals surface area contributed by atoms with Gasteiger partial charge >= 0.3 is 29.6 Å². The maximum Gasteiger partial charge on any atom is 1.00 e. The van der Waals surface area contributed by atoms with Gasteiger partial charge in [-0.3, -0.25) is 4.79 Å². The van der Waals surface area contributed by atoms with Gasteiger partial charge in [0.1, 0.15) is 0 Å². The van der Waals surface area contributed by atoms with Crippen molar-refractivity contribution in [2.24, 2.45) is 0 Å². The van der Waals surface area contributed by atoms with Gasteiger partial charge in [0.25, 0.3) is 11.7 Å². The van der Waals surface area contributed by atoms with Crippen molar-refractivity contribution < 1.29 is 53.7 Å². The Morgan fingerprint density at radius 1 is 1.32 bits per heavy atom. The molecule has 0 aromatic heterocycles. The second-order valence-electron chi connectivity index (χ2n) is 4.09. The Labute approximate surface area is 131 Å². The van der Waals surface area contributed by atoms with Crippen molar-refractivity contribution in [3.63, 3.8) is 0 Å². The molecular formula is C12H10NNaO5. The molecule has 2 aliphatic rings. The number of carbonyl (C=O) groups is 2. The molecule has 1 spiro atoms. The Hall–Kier alpha value is -0.920. The molecule has 0 saturated carbocycles. The Morgan fingerprint density at radius 3 is 2.58 bits per heavy atom. The number of benzene rings is 1. The van der Waals surface area contributed by atoms with E-state index in [-0.39, 0.29) is 29.6 Å². The molecule has 7 heteroatoms. The third-order valence-electron chi connectivity index (χ3n) is 3.06. The van der Waals surface area contributed by atoms with Crippen molar-refractivity contribution in [1.29, 1.82) is 0 Å². The number of carboxylic acids is 1. The molecule has 1 fully saturated rings. The zero-order valence-corrected chi connectivity index (χ0v) is 12.4. The number of anilines is 1. The molecule has 2 heterocycles. The minimum atomic E-state index is -1.47. The van der Waals surface area contributed by atoms with E-state index in [4.69, 9.17) is 9.47 Å². The van der Waals surface area contributed by atoms with Crippen molar-refractivity contribution in [3.8, 4) is 0 Å². The minimum absolute atomic E-state index is 0. The van der Waals surface area contributed by atoms with Gasteiger partial charge in [-0.15, -0.1) is 0 Å². The van der Waals surface area contributed by atoms with Crippen LogP contribution in [-0.4, -0.2) is 31.6 Å². The normalized spacial score (nSPS) is 19.4. The van der Waals surface area contributed by atoms with Crippen LogP contribution in [0, 0.1) is 0 Å². The van der Waals surface area contributed by atoms with E-state index in [9.17, 15) is 14.7 Å². The number of fused-ring (bicyclic) bond motifs is 2. The summed E-state index contributed by atoms with van der Waals surface area (Å²) in [7, 11) is 0. The van der Waals surface area contributed by atoms with Crippen LogP contribution in [0.5, 0.6) is 0 Å². The van der Waals surface area contributed by atoms with Crippen molar-refractivity contribution in [1.82, 2.24) is 0 Å². The molecule has 1 saturated heterocycles. The molecule has 0 atom stereocenters. The smallest absolute Gasteiger partial charge is 0.548 e. The summed E-state index contributed by atoms with van der Waals surface area (Å²) >= 11 is 0. The van der Waals surface area contributed by atoms with E-state index in [1.165, 1.54) is 0 Å². The monoisotopic (exact) mass is 271 g/mol. The molecule has 0 aliphatic carbocycles. The van der Waals surface area contributed by atoms with E-state index >= 15 is 0 Å². The predicted molar refractivity (Wildman–Crippen MR) is 57.4 cm³/mol. The SMILES string of the molecule is O=C([O-])CN1C(=O)C2(OCCO2)c2ccccc21.[Na+]. The van der Waals surface area contributed by atoms with Crippen LogP contribution in [-0.2, 0) is 24.8 Å². The van der Waals surface area contributed by atoms with Crippen LogP contribution in [0.4, 0.5) is 5.69 Å². The largest absolute Gasteiger partial charge is 1.00 e. The van der Waals surface area contributed by atoms with E-state index in [2.05, 4.69) is 0 Å². The number of carbonyl (C=O) groups excluding carboxylic acids is 2. The number of hydrogen-bond acceptors (Lipinski definition) is 5. The fourth-order valence-corrected chi connectivity index (χ4v) is 2.37. The van der Waals surface area contributed by atoms with Gasteiger partial charge in [-0.2, -0.15) is 0 Å². The molecule has 3 rings (SSSR count). The van der Waals surface area contributed by atoms with E-state index in [0.717, 1.165) is 4.90 Å². The Kier molecular flexibility index (Phi) is 3.98. The van der Waals surface area contributed by atoms with Gasteiger partial charge in [-0.05, 0) is 6.07 Å². The molecule has 94 valence electrons. The number of amides is 1. The van der Waals surface area contributed by atoms with Crippen LogP contribution >= 0.6 is 0 Å². The van der Waals surface area contributed by atoms with Crippen LogP contribution in [0.15, 0.2) is 24.3 Å².